The molecule has 0 aliphatic carbocycles. The van der Waals surface area contributed by atoms with E-state index in [0.717, 1.165) is 0 Å². The number of anilines is 2. The summed E-state index contributed by atoms with van der Waals surface area (Å²) in [4.78, 5) is 7.94. The lowest BCUT2D eigenvalue weighted by atomic mass is 10.3. The number of rotatable bonds is 7. The predicted octanol–water partition coefficient (Wildman–Crippen LogP) is 1.91. The standard InChI is InChI=1S/C17H20N6O4S2/c1-4-23-11-16(12(2)20-23)29(26,27)21-14-5-7-15(8-6-14)28(24,25)22-17-9-10-18-13(3)19-17/h5-11,21H,4H2,1-3H3,(H,18,19,22). The van der Waals surface area contributed by atoms with Gasteiger partial charge in [0.15, 0.2) is 0 Å². The first-order chi connectivity index (χ1) is 13.6. The molecule has 2 heterocycles. The molecule has 0 amide bonds. The van der Waals surface area contributed by atoms with Gasteiger partial charge in [0.1, 0.15) is 16.5 Å². The number of aromatic nitrogens is 4. The van der Waals surface area contributed by atoms with Crippen molar-refractivity contribution in [2.75, 3.05) is 9.44 Å². The van der Waals surface area contributed by atoms with E-state index in [1.54, 1.807) is 13.8 Å². The van der Waals surface area contributed by atoms with E-state index >= 15 is 0 Å². The smallest absolute Gasteiger partial charge is 0.265 e. The van der Waals surface area contributed by atoms with Gasteiger partial charge in [0.2, 0.25) is 0 Å². The molecule has 0 saturated heterocycles. The fourth-order valence-electron chi connectivity index (χ4n) is 2.55. The van der Waals surface area contributed by atoms with Crippen LogP contribution in [0.25, 0.3) is 0 Å². The fraction of sp³-hybridized carbons (Fsp3) is 0.235. The van der Waals surface area contributed by atoms with Gasteiger partial charge in [-0.2, -0.15) is 5.10 Å². The molecule has 0 spiro atoms. The Bertz CT molecular complexity index is 1240. The summed E-state index contributed by atoms with van der Waals surface area (Å²) < 4.78 is 56.5. The normalized spacial score (nSPS) is 12.0. The van der Waals surface area contributed by atoms with Crippen molar-refractivity contribution in [3.63, 3.8) is 0 Å². The van der Waals surface area contributed by atoms with E-state index in [1.807, 2.05) is 6.92 Å². The Hall–Kier alpha value is -2.99. The molecule has 3 aromatic rings. The summed E-state index contributed by atoms with van der Waals surface area (Å²) >= 11 is 0. The highest BCUT2D eigenvalue weighted by Crippen LogP contribution is 2.21. The van der Waals surface area contributed by atoms with Crippen LogP contribution in [0.5, 0.6) is 0 Å². The van der Waals surface area contributed by atoms with Crippen LogP contribution in [0.4, 0.5) is 11.5 Å². The van der Waals surface area contributed by atoms with Crippen molar-refractivity contribution in [2.45, 2.75) is 37.1 Å². The van der Waals surface area contributed by atoms with E-state index in [1.165, 1.54) is 47.4 Å². The molecule has 0 radical (unpaired) electrons. The summed E-state index contributed by atoms with van der Waals surface area (Å²) in [5, 5.41) is 4.13. The van der Waals surface area contributed by atoms with Gasteiger partial charge in [-0.15, -0.1) is 0 Å². The second-order valence-corrected chi connectivity index (χ2v) is 9.49. The van der Waals surface area contributed by atoms with Crippen LogP contribution < -0.4 is 9.44 Å². The molecule has 0 aliphatic rings. The maximum atomic E-state index is 12.6. The van der Waals surface area contributed by atoms with Crippen LogP contribution in [-0.4, -0.2) is 36.6 Å². The Morgan fingerprint density at radius 3 is 2.24 bits per heavy atom. The average molecular weight is 437 g/mol. The number of aryl methyl sites for hydroxylation is 3. The molecule has 154 valence electrons. The van der Waals surface area contributed by atoms with E-state index in [4.69, 9.17) is 0 Å². The number of hydrogen-bond donors (Lipinski definition) is 2. The monoisotopic (exact) mass is 436 g/mol. The molecular weight excluding hydrogens is 416 g/mol. The van der Waals surface area contributed by atoms with Gasteiger partial charge in [0, 0.05) is 24.6 Å². The zero-order chi connectivity index (χ0) is 21.2. The highest BCUT2D eigenvalue weighted by molar-refractivity contribution is 7.93. The SMILES string of the molecule is CCn1cc(S(=O)(=O)Nc2ccc(S(=O)(=O)Nc3ccnc(C)n3)cc2)c(C)n1. The molecule has 0 aliphatic heterocycles. The molecule has 1 aromatic carbocycles. The Labute approximate surface area is 169 Å². The lowest BCUT2D eigenvalue weighted by Gasteiger charge is -2.10. The van der Waals surface area contributed by atoms with Gasteiger partial charge in [-0.05, 0) is 51.1 Å². The molecule has 2 N–H and O–H groups in total. The van der Waals surface area contributed by atoms with Crippen molar-refractivity contribution >= 4 is 31.6 Å². The molecule has 0 fully saturated rings. The van der Waals surface area contributed by atoms with E-state index < -0.39 is 20.0 Å². The molecule has 0 saturated carbocycles. The van der Waals surface area contributed by atoms with E-state index in [-0.39, 0.29) is 21.3 Å². The molecule has 0 unspecified atom stereocenters. The summed E-state index contributed by atoms with van der Waals surface area (Å²) in [7, 11) is -7.73. The minimum absolute atomic E-state index is 0.0355. The first kappa shape index (κ1) is 20.7. The maximum Gasteiger partial charge on any atom is 0.265 e. The highest BCUT2D eigenvalue weighted by atomic mass is 32.2. The van der Waals surface area contributed by atoms with Crippen molar-refractivity contribution < 1.29 is 16.8 Å². The van der Waals surface area contributed by atoms with Crippen molar-refractivity contribution in [1.29, 1.82) is 0 Å². The van der Waals surface area contributed by atoms with Crippen molar-refractivity contribution in [3.05, 3.63) is 54.2 Å². The third-order valence-corrected chi connectivity index (χ3v) is 6.80. The lowest BCUT2D eigenvalue weighted by molar-refractivity contribution is 0.599. The van der Waals surface area contributed by atoms with Crippen molar-refractivity contribution in [2.24, 2.45) is 0 Å². The summed E-state index contributed by atoms with van der Waals surface area (Å²) in [6.07, 6.45) is 2.89. The minimum atomic E-state index is -3.88. The van der Waals surface area contributed by atoms with E-state index in [9.17, 15) is 16.8 Å². The molecule has 2 aromatic heterocycles. The van der Waals surface area contributed by atoms with Gasteiger partial charge in [0.05, 0.1) is 10.6 Å². The lowest BCUT2D eigenvalue weighted by Crippen LogP contribution is -2.15. The Balaban J connectivity index is 1.80. The summed E-state index contributed by atoms with van der Waals surface area (Å²) in [6.45, 7) is 5.65. The summed E-state index contributed by atoms with van der Waals surface area (Å²) in [5.74, 6) is 0.572. The molecule has 12 heteroatoms. The fourth-order valence-corrected chi connectivity index (χ4v) is 4.80. The first-order valence-electron chi connectivity index (χ1n) is 8.60. The quantitative estimate of drug-likeness (QED) is 0.577. The maximum absolute atomic E-state index is 12.6. The summed E-state index contributed by atoms with van der Waals surface area (Å²) in [6, 6.07) is 6.78. The van der Waals surface area contributed by atoms with Gasteiger partial charge < -0.3 is 0 Å². The Kier molecular flexibility index (Phi) is 5.57. The number of hydrogen-bond acceptors (Lipinski definition) is 7. The Morgan fingerprint density at radius 1 is 0.966 bits per heavy atom. The number of sulfonamides is 2. The zero-order valence-electron chi connectivity index (χ0n) is 16.0. The van der Waals surface area contributed by atoms with Gasteiger partial charge >= 0.3 is 0 Å². The van der Waals surface area contributed by atoms with Crippen molar-refractivity contribution in [1.82, 2.24) is 19.7 Å². The third kappa shape index (κ3) is 4.71. The molecular formula is C17H20N6O4S2. The topological polar surface area (TPSA) is 136 Å². The minimum Gasteiger partial charge on any atom is -0.280 e. The molecule has 29 heavy (non-hydrogen) atoms. The van der Waals surface area contributed by atoms with Gasteiger partial charge in [-0.1, -0.05) is 0 Å². The summed E-state index contributed by atoms with van der Waals surface area (Å²) in [5.41, 5.74) is 0.605. The van der Waals surface area contributed by atoms with Gasteiger partial charge in [-0.25, -0.2) is 26.8 Å². The van der Waals surface area contributed by atoms with Crippen LogP contribution in [0.2, 0.25) is 0 Å². The van der Waals surface area contributed by atoms with Crippen LogP contribution in [0.1, 0.15) is 18.4 Å². The second kappa shape index (κ2) is 7.79. The molecule has 0 atom stereocenters. The number of nitrogens with zero attached hydrogens (tertiary/aromatic N) is 4. The number of nitrogens with one attached hydrogen (secondary N) is 2. The van der Waals surface area contributed by atoms with Crippen molar-refractivity contribution in [3.8, 4) is 0 Å². The number of benzene rings is 1. The second-order valence-electron chi connectivity index (χ2n) is 6.16. The van der Waals surface area contributed by atoms with Crippen LogP contribution in [-0.2, 0) is 26.6 Å². The zero-order valence-corrected chi connectivity index (χ0v) is 17.6. The molecule has 0 bridgehead atoms. The van der Waals surface area contributed by atoms with Crippen LogP contribution in [0.3, 0.4) is 0 Å². The van der Waals surface area contributed by atoms with Gasteiger partial charge in [-0.3, -0.25) is 14.1 Å². The van der Waals surface area contributed by atoms with E-state index in [2.05, 4.69) is 24.5 Å². The van der Waals surface area contributed by atoms with Crippen LogP contribution in [0.15, 0.2) is 52.5 Å². The average Bonchev–Trinajstić information content (AvgIpc) is 3.03. The predicted molar refractivity (Wildman–Crippen MR) is 107 cm³/mol. The largest absolute Gasteiger partial charge is 0.280 e. The van der Waals surface area contributed by atoms with Gasteiger partial charge in [0.25, 0.3) is 20.0 Å². The Morgan fingerprint density at radius 2 is 1.66 bits per heavy atom. The van der Waals surface area contributed by atoms with E-state index in [0.29, 0.717) is 18.1 Å². The van der Waals surface area contributed by atoms with Crippen LogP contribution >= 0.6 is 0 Å². The highest BCUT2D eigenvalue weighted by Gasteiger charge is 2.21. The molecule has 10 nitrogen and oxygen atoms in total. The molecule has 3 rings (SSSR count). The first-order valence-corrected chi connectivity index (χ1v) is 11.6. The third-order valence-electron chi connectivity index (χ3n) is 3.95. The van der Waals surface area contributed by atoms with Crippen LogP contribution in [0, 0.1) is 13.8 Å².